The van der Waals surface area contributed by atoms with Gasteiger partial charge in [0.25, 0.3) is 0 Å². The van der Waals surface area contributed by atoms with E-state index < -0.39 is 126 Å². The Morgan fingerprint density at radius 3 is 0.789 bits per heavy atom. The third kappa shape index (κ3) is 3.21. The molecule has 0 aliphatic rings. The van der Waals surface area contributed by atoms with Gasteiger partial charge < -0.3 is 10.2 Å². The summed E-state index contributed by atoms with van der Waals surface area (Å²) in [5, 5.41) is 9.82. The standard InChI is InChI=1S/C22H2F12O4/c23-9-3-1(7(21(35)36)15(29)11(25)5(3)13(27)19(33)17(9)31)2-4-6(12(26)16(30)8(2)22(37)38)14(28)20(34)18(32)10(4)24/h(H,35,36)(H,37,38). The van der Waals surface area contributed by atoms with Gasteiger partial charge >= 0.3 is 11.9 Å². The molecule has 0 heterocycles. The summed E-state index contributed by atoms with van der Waals surface area (Å²) in [5.41, 5.74) is -9.13. The average molecular weight is 558 g/mol. The Balaban J connectivity index is 2.60. The summed E-state index contributed by atoms with van der Waals surface area (Å²) in [6.07, 6.45) is 0. The van der Waals surface area contributed by atoms with Gasteiger partial charge in [0.05, 0.1) is 10.8 Å². The van der Waals surface area contributed by atoms with Crippen LogP contribution in [0.3, 0.4) is 0 Å². The molecule has 38 heavy (non-hydrogen) atoms. The van der Waals surface area contributed by atoms with Gasteiger partial charge in [-0.25, -0.2) is 62.3 Å². The molecule has 4 rings (SSSR count). The summed E-state index contributed by atoms with van der Waals surface area (Å²) in [7, 11) is 0. The Morgan fingerprint density at radius 1 is 0.342 bits per heavy atom. The fourth-order valence-corrected chi connectivity index (χ4v) is 3.96. The summed E-state index contributed by atoms with van der Waals surface area (Å²) < 4.78 is 173. The largest absolute Gasteiger partial charge is 0.478 e. The van der Waals surface area contributed by atoms with Crippen LogP contribution in [0.5, 0.6) is 0 Å². The van der Waals surface area contributed by atoms with Gasteiger partial charge in [-0.1, -0.05) is 0 Å². The van der Waals surface area contributed by atoms with E-state index in [9.17, 15) is 72.5 Å². The molecule has 0 aliphatic heterocycles. The van der Waals surface area contributed by atoms with Crippen LogP contribution in [0.15, 0.2) is 0 Å². The quantitative estimate of drug-likeness (QED) is 0.166. The molecule has 198 valence electrons. The van der Waals surface area contributed by atoms with Crippen LogP contribution in [-0.4, -0.2) is 22.2 Å². The van der Waals surface area contributed by atoms with Crippen molar-refractivity contribution < 1.29 is 72.5 Å². The van der Waals surface area contributed by atoms with E-state index in [-0.39, 0.29) is 0 Å². The SMILES string of the molecule is O=C(O)c1c(F)c(F)c2c(F)c(F)c(F)c(F)c2c1-c1c(C(=O)O)c(F)c(F)c2c(F)c(F)c(F)c(F)c12. The van der Waals surface area contributed by atoms with Crippen LogP contribution in [0.25, 0.3) is 32.7 Å². The fourth-order valence-electron chi connectivity index (χ4n) is 3.96. The first-order valence-electron chi connectivity index (χ1n) is 9.37. The highest BCUT2D eigenvalue weighted by Crippen LogP contribution is 2.47. The summed E-state index contributed by atoms with van der Waals surface area (Å²) in [5.74, 6) is -39.1. The van der Waals surface area contributed by atoms with Crippen LogP contribution < -0.4 is 0 Å². The van der Waals surface area contributed by atoms with E-state index in [0.29, 0.717) is 0 Å². The normalized spacial score (nSPS) is 11.6. The number of carboxylic acids is 2. The third-order valence-corrected chi connectivity index (χ3v) is 5.48. The van der Waals surface area contributed by atoms with Crippen LogP contribution in [0.1, 0.15) is 20.7 Å². The Bertz CT molecular complexity index is 1670. The molecule has 0 spiro atoms. The second-order valence-corrected chi connectivity index (χ2v) is 7.38. The minimum absolute atomic E-state index is 2.22. The van der Waals surface area contributed by atoms with E-state index in [2.05, 4.69) is 0 Å². The van der Waals surface area contributed by atoms with Crippen molar-refractivity contribution in [1.29, 1.82) is 0 Å². The maximum absolute atomic E-state index is 14.9. The number of carboxylic acid groups (broad SMARTS) is 2. The lowest BCUT2D eigenvalue weighted by atomic mass is 9.85. The Hall–Kier alpha value is -4.50. The molecule has 4 nitrogen and oxygen atoms in total. The van der Waals surface area contributed by atoms with Crippen LogP contribution in [0, 0.1) is 69.8 Å². The second-order valence-electron chi connectivity index (χ2n) is 7.38. The molecule has 2 N–H and O–H groups in total. The molecule has 4 aromatic carbocycles. The lowest BCUT2D eigenvalue weighted by Gasteiger charge is -2.20. The smallest absolute Gasteiger partial charge is 0.339 e. The highest BCUT2D eigenvalue weighted by atomic mass is 19.2. The van der Waals surface area contributed by atoms with Gasteiger partial charge in [-0.15, -0.1) is 0 Å². The molecule has 4 aromatic rings. The number of fused-ring (bicyclic) bond motifs is 2. The number of carbonyl (C=O) groups is 2. The Labute approximate surface area is 198 Å². The zero-order valence-electron chi connectivity index (χ0n) is 17.2. The van der Waals surface area contributed by atoms with E-state index in [1.807, 2.05) is 0 Å². The van der Waals surface area contributed by atoms with Crippen molar-refractivity contribution in [2.75, 3.05) is 0 Å². The molecular formula is C22H2F12O4. The summed E-state index contributed by atoms with van der Waals surface area (Å²) >= 11 is 0. The van der Waals surface area contributed by atoms with Crippen molar-refractivity contribution in [2.45, 2.75) is 0 Å². The van der Waals surface area contributed by atoms with Gasteiger partial charge in [0.15, 0.2) is 69.8 Å². The van der Waals surface area contributed by atoms with Gasteiger partial charge in [-0.3, -0.25) is 0 Å². The Morgan fingerprint density at radius 2 is 0.553 bits per heavy atom. The molecule has 0 unspecified atom stereocenters. The van der Waals surface area contributed by atoms with E-state index in [1.165, 1.54) is 0 Å². The van der Waals surface area contributed by atoms with Crippen molar-refractivity contribution in [3.05, 3.63) is 80.9 Å². The molecule has 0 aliphatic carbocycles. The first-order chi connectivity index (χ1) is 17.6. The summed E-state index contributed by atoms with van der Waals surface area (Å²) in [6, 6.07) is 0. The summed E-state index contributed by atoms with van der Waals surface area (Å²) in [4.78, 5) is 23.6. The summed E-state index contributed by atoms with van der Waals surface area (Å²) in [6.45, 7) is 0. The van der Waals surface area contributed by atoms with E-state index >= 15 is 0 Å². The molecular weight excluding hydrogens is 556 g/mol. The van der Waals surface area contributed by atoms with E-state index in [4.69, 9.17) is 0 Å². The first kappa shape index (κ1) is 26.6. The monoisotopic (exact) mass is 558 g/mol. The lowest BCUT2D eigenvalue weighted by Crippen LogP contribution is -2.15. The first-order valence-corrected chi connectivity index (χ1v) is 9.37. The van der Waals surface area contributed by atoms with Gasteiger partial charge in [-0.05, 0) is 0 Å². The number of benzene rings is 4. The Kier molecular flexibility index (Phi) is 5.96. The molecule has 0 fully saturated rings. The van der Waals surface area contributed by atoms with E-state index in [1.54, 1.807) is 0 Å². The third-order valence-electron chi connectivity index (χ3n) is 5.48. The van der Waals surface area contributed by atoms with Crippen LogP contribution in [-0.2, 0) is 0 Å². The maximum atomic E-state index is 14.9. The topological polar surface area (TPSA) is 74.6 Å². The predicted octanol–water partition coefficient (Wildman–Crippen LogP) is 6.73. The van der Waals surface area contributed by atoms with E-state index in [0.717, 1.165) is 0 Å². The van der Waals surface area contributed by atoms with Crippen LogP contribution in [0.4, 0.5) is 52.7 Å². The molecule has 0 aromatic heterocycles. The molecule has 0 amide bonds. The maximum Gasteiger partial charge on any atom is 0.339 e. The zero-order valence-corrected chi connectivity index (χ0v) is 17.2. The van der Waals surface area contributed by atoms with Gasteiger partial charge in [0.2, 0.25) is 0 Å². The average Bonchev–Trinajstić information content (AvgIpc) is 2.85. The van der Waals surface area contributed by atoms with Gasteiger partial charge in [-0.2, -0.15) is 0 Å². The number of aromatic carboxylic acids is 2. The number of hydrogen-bond donors (Lipinski definition) is 2. The van der Waals surface area contributed by atoms with Gasteiger partial charge in [0.1, 0.15) is 11.1 Å². The number of rotatable bonds is 3. The van der Waals surface area contributed by atoms with Crippen LogP contribution in [0.2, 0.25) is 0 Å². The molecule has 0 saturated heterocycles. The number of hydrogen-bond acceptors (Lipinski definition) is 2. The van der Waals surface area contributed by atoms with Crippen molar-refractivity contribution in [3.8, 4) is 11.1 Å². The van der Waals surface area contributed by atoms with Gasteiger partial charge in [0, 0.05) is 21.9 Å². The molecule has 0 bridgehead atoms. The molecule has 0 atom stereocenters. The second kappa shape index (κ2) is 8.53. The minimum Gasteiger partial charge on any atom is -0.478 e. The molecule has 0 radical (unpaired) electrons. The highest BCUT2D eigenvalue weighted by Gasteiger charge is 2.39. The van der Waals surface area contributed by atoms with Crippen molar-refractivity contribution in [3.63, 3.8) is 0 Å². The van der Waals surface area contributed by atoms with Crippen LogP contribution >= 0.6 is 0 Å². The minimum atomic E-state index is -2.87. The fraction of sp³-hybridized carbons (Fsp3) is 0. The molecule has 0 saturated carbocycles. The zero-order chi connectivity index (χ0) is 28.7. The van der Waals surface area contributed by atoms with Crippen molar-refractivity contribution in [1.82, 2.24) is 0 Å². The highest BCUT2D eigenvalue weighted by molar-refractivity contribution is 6.18. The lowest BCUT2D eigenvalue weighted by molar-refractivity contribution is 0.0678. The van der Waals surface area contributed by atoms with Crippen molar-refractivity contribution in [2.24, 2.45) is 0 Å². The van der Waals surface area contributed by atoms with Crippen molar-refractivity contribution >= 4 is 33.5 Å². The molecule has 16 heteroatoms. The predicted molar refractivity (Wildman–Crippen MR) is 100 cm³/mol. The number of halogens is 12.